The van der Waals surface area contributed by atoms with E-state index in [2.05, 4.69) is 20.6 Å². The number of para-hydroxylation sites is 1. The zero-order chi connectivity index (χ0) is 34.4. The molecule has 0 atom stereocenters. The highest BCUT2D eigenvalue weighted by Crippen LogP contribution is 2.36. The van der Waals surface area contributed by atoms with E-state index in [1.54, 1.807) is 70.0 Å². The van der Waals surface area contributed by atoms with Crippen molar-refractivity contribution >= 4 is 57.6 Å². The number of methoxy groups -OCH3 is 1. The van der Waals surface area contributed by atoms with Crippen molar-refractivity contribution in [2.45, 2.75) is 26.0 Å². The van der Waals surface area contributed by atoms with Crippen molar-refractivity contribution in [3.05, 3.63) is 99.6 Å². The number of likely N-dealkylation sites (N-methyl/N-ethyl adjacent to an activating group) is 1. The van der Waals surface area contributed by atoms with Gasteiger partial charge in [0.1, 0.15) is 17.9 Å². The lowest BCUT2D eigenvalue weighted by Gasteiger charge is -2.21. The first-order valence-electron chi connectivity index (χ1n) is 15.0. The van der Waals surface area contributed by atoms with Gasteiger partial charge in [0.15, 0.2) is 0 Å². The third-order valence-electron chi connectivity index (χ3n) is 7.76. The number of hydrogen-bond acceptors (Lipinski definition) is 7. The summed E-state index contributed by atoms with van der Waals surface area (Å²) in [6.07, 6.45) is 4.30. The van der Waals surface area contributed by atoms with Crippen molar-refractivity contribution < 1.29 is 23.9 Å². The number of ether oxygens (including phenoxy) is 2. The van der Waals surface area contributed by atoms with Crippen molar-refractivity contribution in [2.24, 2.45) is 7.05 Å². The van der Waals surface area contributed by atoms with E-state index >= 15 is 0 Å². The summed E-state index contributed by atoms with van der Waals surface area (Å²) in [5.74, 6) is -0.333. The van der Waals surface area contributed by atoms with Gasteiger partial charge in [-0.3, -0.25) is 19.0 Å². The van der Waals surface area contributed by atoms with Gasteiger partial charge in [0.2, 0.25) is 11.8 Å². The second-order valence-electron chi connectivity index (χ2n) is 11.0. The summed E-state index contributed by atoms with van der Waals surface area (Å²) in [6, 6.07) is 16.3. The van der Waals surface area contributed by atoms with E-state index in [-0.39, 0.29) is 42.3 Å². The van der Waals surface area contributed by atoms with Crippen LogP contribution in [0.3, 0.4) is 0 Å². The molecule has 0 radical (unpaired) electrons. The van der Waals surface area contributed by atoms with Crippen LogP contribution in [0, 0.1) is 0 Å². The average molecular weight is 693 g/mol. The predicted molar refractivity (Wildman–Crippen MR) is 184 cm³/mol. The number of fused-ring (bicyclic) bond motifs is 1. The summed E-state index contributed by atoms with van der Waals surface area (Å²) in [4.78, 5) is 47.7. The number of aromatic nitrogens is 4. The standard InChI is InChI=1S/C34H35Cl2N7O5/c1-37-33(46)22-11-8-21(9-12-22)10-15-29(44)38-16-30(45)42(3)26-14-13-25(35)24(31(26)36)19-48-28-7-5-6-27-32(28)40-34(47-4)43(27)18-23-17-41(2)20-39-23/h5-9,11-14,17,20H,10,15-16,18-19H2,1-4H3,(H,37,46)(H,38,44). The molecule has 12 nitrogen and oxygen atoms in total. The Bertz CT molecular complexity index is 1960. The van der Waals surface area contributed by atoms with Crippen molar-refractivity contribution in [2.75, 3.05) is 32.6 Å². The van der Waals surface area contributed by atoms with Gasteiger partial charge >= 0.3 is 0 Å². The molecule has 0 spiro atoms. The Hall–Kier alpha value is -5.07. The van der Waals surface area contributed by atoms with Crippen molar-refractivity contribution in [3.63, 3.8) is 0 Å². The van der Waals surface area contributed by atoms with Gasteiger partial charge in [0, 0.05) is 49.9 Å². The van der Waals surface area contributed by atoms with E-state index in [0.29, 0.717) is 52.1 Å². The van der Waals surface area contributed by atoms with Crippen LogP contribution >= 0.6 is 23.2 Å². The molecule has 0 bridgehead atoms. The van der Waals surface area contributed by atoms with E-state index < -0.39 is 0 Å². The van der Waals surface area contributed by atoms with E-state index in [0.717, 1.165) is 16.8 Å². The van der Waals surface area contributed by atoms with Crippen LogP contribution in [0.2, 0.25) is 10.0 Å². The van der Waals surface area contributed by atoms with Gasteiger partial charge < -0.3 is 29.6 Å². The minimum atomic E-state index is -0.371. The normalized spacial score (nSPS) is 11.0. The molecule has 3 amide bonds. The molecule has 0 saturated heterocycles. The molecule has 14 heteroatoms. The summed E-state index contributed by atoms with van der Waals surface area (Å²) in [5.41, 5.74) is 4.58. The predicted octanol–water partition coefficient (Wildman–Crippen LogP) is 4.78. The van der Waals surface area contributed by atoms with Crippen molar-refractivity contribution in [1.29, 1.82) is 0 Å². The quantitative estimate of drug-likeness (QED) is 0.182. The Morgan fingerprint density at radius 3 is 2.50 bits per heavy atom. The number of amides is 3. The second kappa shape index (κ2) is 15.2. The number of nitrogens with one attached hydrogen (secondary N) is 2. The maximum Gasteiger partial charge on any atom is 0.297 e. The first kappa shape index (κ1) is 34.3. The Kier molecular flexibility index (Phi) is 10.9. The molecule has 2 aromatic heterocycles. The molecule has 2 N–H and O–H groups in total. The summed E-state index contributed by atoms with van der Waals surface area (Å²) >= 11 is 13.3. The minimum Gasteiger partial charge on any atom is -0.486 e. The molecule has 0 fully saturated rings. The zero-order valence-corrected chi connectivity index (χ0v) is 28.4. The molecule has 0 aliphatic rings. The molecule has 0 aliphatic heterocycles. The molecule has 5 aromatic rings. The van der Waals surface area contributed by atoms with Crippen LogP contribution in [0.1, 0.15) is 33.6 Å². The van der Waals surface area contributed by atoms with Gasteiger partial charge in [0.25, 0.3) is 11.9 Å². The summed E-state index contributed by atoms with van der Waals surface area (Å²) in [7, 11) is 6.60. The number of rotatable bonds is 13. The Morgan fingerprint density at radius 2 is 1.81 bits per heavy atom. The van der Waals surface area contributed by atoms with E-state index in [9.17, 15) is 14.4 Å². The summed E-state index contributed by atoms with van der Waals surface area (Å²) < 4.78 is 15.5. The fourth-order valence-electron chi connectivity index (χ4n) is 5.10. The van der Waals surface area contributed by atoms with Crippen LogP contribution in [0.4, 0.5) is 5.69 Å². The fourth-order valence-corrected chi connectivity index (χ4v) is 5.71. The van der Waals surface area contributed by atoms with Crippen LogP contribution in [-0.2, 0) is 36.2 Å². The Balaban J connectivity index is 1.22. The topological polar surface area (TPSA) is 133 Å². The maximum atomic E-state index is 13.0. The molecule has 250 valence electrons. The third kappa shape index (κ3) is 7.72. The number of anilines is 1. The van der Waals surface area contributed by atoms with Crippen LogP contribution in [-0.4, -0.2) is 64.6 Å². The summed E-state index contributed by atoms with van der Waals surface area (Å²) in [5, 5.41) is 5.85. The van der Waals surface area contributed by atoms with Gasteiger partial charge in [-0.15, -0.1) is 0 Å². The van der Waals surface area contributed by atoms with Gasteiger partial charge in [-0.2, -0.15) is 4.98 Å². The van der Waals surface area contributed by atoms with Crippen LogP contribution in [0.5, 0.6) is 11.8 Å². The van der Waals surface area contributed by atoms with Gasteiger partial charge in [-0.1, -0.05) is 41.4 Å². The first-order chi connectivity index (χ1) is 23.1. The second-order valence-corrected chi connectivity index (χ2v) is 11.8. The highest BCUT2D eigenvalue weighted by Gasteiger charge is 2.21. The number of imidazole rings is 2. The number of benzene rings is 3. The lowest BCUT2D eigenvalue weighted by Crippen LogP contribution is -2.38. The number of halogens is 2. The van der Waals surface area contributed by atoms with Crippen LogP contribution in [0.15, 0.2) is 67.1 Å². The number of carbonyl (C=O) groups is 3. The number of aryl methyl sites for hydroxylation is 2. The summed E-state index contributed by atoms with van der Waals surface area (Å²) in [6.45, 7) is 0.238. The lowest BCUT2D eigenvalue weighted by molar-refractivity contribution is -0.124. The van der Waals surface area contributed by atoms with Crippen molar-refractivity contribution in [3.8, 4) is 11.8 Å². The smallest absolute Gasteiger partial charge is 0.297 e. The monoisotopic (exact) mass is 691 g/mol. The van der Waals surface area contributed by atoms with Gasteiger partial charge in [-0.25, -0.2) is 4.98 Å². The maximum absolute atomic E-state index is 13.0. The lowest BCUT2D eigenvalue weighted by atomic mass is 10.1. The fraction of sp³-hybridized carbons (Fsp3) is 0.265. The van der Waals surface area contributed by atoms with Gasteiger partial charge in [0.05, 0.1) is 48.4 Å². The van der Waals surface area contributed by atoms with E-state index in [4.69, 9.17) is 32.7 Å². The van der Waals surface area contributed by atoms with Gasteiger partial charge in [-0.05, 0) is 48.4 Å². The molecule has 0 aliphatic carbocycles. The molecule has 48 heavy (non-hydrogen) atoms. The highest BCUT2D eigenvalue weighted by atomic mass is 35.5. The molecule has 3 aromatic carbocycles. The minimum absolute atomic E-state index is 0.00288. The van der Waals surface area contributed by atoms with Crippen LogP contribution in [0.25, 0.3) is 11.0 Å². The SMILES string of the molecule is CNC(=O)c1ccc(CCC(=O)NCC(=O)N(C)c2ccc(Cl)c(COc3cccc4c3nc(OC)n4Cc3cn(C)cn3)c2Cl)cc1. The molecular formula is C34H35Cl2N7O5. The van der Waals surface area contributed by atoms with E-state index in [1.807, 2.05) is 34.5 Å². The number of hydrogen-bond donors (Lipinski definition) is 2. The molecule has 2 heterocycles. The molecule has 5 rings (SSSR count). The highest BCUT2D eigenvalue weighted by molar-refractivity contribution is 6.38. The zero-order valence-electron chi connectivity index (χ0n) is 26.9. The van der Waals surface area contributed by atoms with Crippen molar-refractivity contribution in [1.82, 2.24) is 29.7 Å². The first-order valence-corrected chi connectivity index (χ1v) is 15.8. The Morgan fingerprint density at radius 1 is 1.04 bits per heavy atom. The van der Waals surface area contributed by atoms with E-state index in [1.165, 1.54) is 4.90 Å². The largest absolute Gasteiger partial charge is 0.486 e. The number of nitrogens with zero attached hydrogens (tertiary/aromatic N) is 5. The third-order valence-corrected chi connectivity index (χ3v) is 8.54. The molecule has 0 unspecified atom stereocenters. The Labute approximate surface area is 287 Å². The van der Waals surface area contributed by atoms with Crippen LogP contribution < -0.4 is 25.0 Å². The number of carbonyl (C=O) groups excluding carboxylic acids is 3. The molecule has 0 saturated carbocycles. The molecular weight excluding hydrogens is 657 g/mol. The average Bonchev–Trinajstić information content (AvgIpc) is 3.68.